The maximum absolute atomic E-state index is 12.4. The molecule has 2 fully saturated rings. The molecule has 1 aromatic heterocycles. The van der Waals surface area contributed by atoms with E-state index in [9.17, 15) is 9.67 Å². The molecule has 0 spiro atoms. The minimum atomic E-state index is -3.19. The van der Waals surface area contributed by atoms with Crippen molar-refractivity contribution in [1.82, 2.24) is 14.8 Å². The van der Waals surface area contributed by atoms with E-state index in [1.54, 1.807) is 20.8 Å². The Balaban J connectivity index is 1.81. The first kappa shape index (κ1) is 14.2. The lowest BCUT2D eigenvalue weighted by Crippen LogP contribution is -2.40. The van der Waals surface area contributed by atoms with Gasteiger partial charge in [0.2, 0.25) is 0 Å². The molecule has 0 saturated carbocycles. The van der Waals surface area contributed by atoms with E-state index >= 15 is 0 Å². The lowest BCUT2D eigenvalue weighted by atomic mass is 10.1. The van der Waals surface area contributed by atoms with Crippen LogP contribution in [0.15, 0.2) is 6.33 Å². The summed E-state index contributed by atoms with van der Waals surface area (Å²) in [5.41, 5.74) is -0.261. The van der Waals surface area contributed by atoms with Gasteiger partial charge in [-0.3, -0.25) is 9.09 Å². The molecule has 1 unspecified atom stereocenters. The van der Waals surface area contributed by atoms with Crippen LogP contribution < -0.4 is 0 Å². The Kier molecular flexibility index (Phi) is 3.46. The maximum atomic E-state index is 12.4. The second-order valence-electron chi connectivity index (χ2n) is 5.33. The minimum Gasteiger partial charge on any atom is -0.385 e. The van der Waals surface area contributed by atoms with E-state index in [0.29, 0.717) is 5.82 Å². The van der Waals surface area contributed by atoms with Crippen molar-refractivity contribution < 1.29 is 23.5 Å². The zero-order valence-electron chi connectivity index (χ0n) is 11.5. The van der Waals surface area contributed by atoms with Crippen LogP contribution in [0.3, 0.4) is 0 Å². The maximum Gasteiger partial charge on any atom is 0.333 e. The molecule has 20 heavy (non-hydrogen) atoms. The molecule has 5 atom stereocenters. The van der Waals surface area contributed by atoms with Crippen LogP contribution in [0, 0.1) is 6.92 Å². The summed E-state index contributed by atoms with van der Waals surface area (Å²) >= 11 is 0. The number of hydrogen-bond donors (Lipinski definition) is 1. The second-order valence-corrected chi connectivity index (χ2v) is 7.91. The summed E-state index contributed by atoms with van der Waals surface area (Å²) in [6, 6.07) is 0. The van der Waals surface area contributed by atoms with E-state index in [2.05, 4.69) is 10.1 Å². The third kappa shape index (κ3) is 2.21. The fourth-order valence-corrected chi connectivity index (χ4v) is 3.89. The second kappa shape index (κ2) is 4.89. The average molecular weight is 303 g/mol. The van der Waals surface area contributed by atoms with Gasteiger partial charge in [-0.05, 0) is 6.92 Å². The number of ether oxygens (including phenoxy) is 1. The van der Waals surface area contributed by atoms with Gasteiger partial charge in [-0.25, -0.2) is 9.67 Å². The summed E-state index contributed by atoms with van der Waals surface area (Å²) in [5, 5.41) is 14.5. The molecule has 1 N–H and O–H groups in total. The summed E-state index contributed by atoms with van der Waals surface area (Å²) in [7, 11) is -3.19. The van der Waals surface area contributed by atoms with Gasteiger partial charge < -0.3 is 14.4 Å². The molecule has 3 rings (SSSR count). The Labute approximate surface area is 116 Å². The third-order valence-corrected chi connectivity index (χ3v) is 5.82. The van der Waals surface area contributed by atoms with Crippen molar-refractivity contribution in [2.75, 3.05) is 6.61 Å². The van der Waals surface area contributed by atoms with Crippen LogP contribution in [-0.4, -0.2) is 50.4 Å². The minimum absolute atomic E-state index is 0.140. The Morgan fingerprint density at radius 1 is 1.55 bits per heavy atom. The SMILES string of the molecule is Cc1ncn([C@@H]2O[C@@H]3COP(=O)(C(C)C)O[C@H]3[C@H]2O)n1. The summed E-state index contributed by atoms with van der Waals surface area (Å²) in [4.78, 5) is 4.00. The Hall–Kier alpha value is -0.790. The summed E-state index contributed by atoms with van der Waals surface area (Å²) in [6.45, 7) is 5.42. The predicted molar refractivity (Wildman–Crippen MR) is 68.2 cm³/mol. The number of aromatic nitrogens is 3. The molecule has 2 aliphatic heterocycles. The van der Waals surface area contributed by atoms with Crippen molar-refractivity contribution in [3.8, 4) is 0 Å². The molecular weight excluding hydrogens is 285 g/mol. The van der Waals surface area contributed by atoms with Crippen LogP contribution in [0.25, 0.3) is 0 Å². The number of aryl methyl sites for hydroxylation is 1. The normalized spacial score (nSPS) is 41.0. The van der Waals surface area contributed by atoms with Gasteiger partial charge in [-0.15, -0.1) is 0 Å². The molecule has 2 aliphatic rings. The van der Waals surface area contributed by atoms with Gasteiger partial charge in [-0.2, -0.15) is 5.10 Å². The zero-order valence-corrected chi connectivity index (χ0v) is 12.4. The lowest BCUT2D eigenvalue weighted by Gasteiger charge is -2.33. The molecule has 3 heterocycles. The smallest absolute Gasteiger partial charge is 0.333 e. The van der Waals surface area contributed by atoms with Crippen LogP contribution >= 0.6 is 7.60 Å². The number of nitrogens with zero attached hydrogens (tertiary/aromatic N) is 3. The lowest BCUT2D eigenvalue weighted by molar-refractivity contribution is -0.0646. The fraction of sp³-hybridized carbons (Fsp3) is 0.818. The molecule has 0 aliphatic carbocycles. The topological polar surface area (TPSA) is 95.7 Å². The molecular formula is C11H18N3O5P. The monoisotopic (exact) mass is 303 g/mol. The number of fused-ring (bicyclic) bond motifs is 1. The van der Waals surface area contributed by atoms with Gasteiger partial charge in [0.05, 0.1) is 12.3 Å². The first-order valence-corrected chi connectivity index (χ1v) is 8.16. The molecule has 0 bridgehead atoms. The van der Waals surface area contributed by atoms with E-state index < -0.39 is 32.1 Å². The van der Waals surface area contributed by atoms with Crippen LogP contribution in [0.4, 0.5) is 0 Å². The van der Waals surface area contributed by atoms with Crippen molar-refractivity contribution in [3.63, 3.8) is 0 Å². The Bertz CT molecular complexity index is 548. The summed E-state index contributed by atoms with van der Waals surface area (Å²) in [6.07, 6.45) is -1.30. The largest absolute Gasteiger partial charge is 0.385 e. The van der Waals surface area contributed by atoms with E-state index in [-0.39, 0.29) is 12.3 Å². The van der Waals surface area contributed by atoms with Gasteiger partial charge >= 0.3 is 7.60 Å². The van der Waals surface area contributed by atoms with E-state index in [4.69, 9.17) is 13.8 Å². The first-order chi connectivity index (χ1) is 9.40. The highest BCUT2D eigenvalue weighted by Crippen LogP contribution is 2.58. The van der Waals surface area contributed by atoms with E-state index in [1.165, 1.54) is 11.0 Å². The summed E-state index contributed by atoms with van der Waals surface area (Å²) in [5.74, 6) is 0.584. The standard InChI is InChI=1S/C11H18N3O5P/c1-6(2)20(16)17-4-8-10(19-20)9(15)11(18-8)14-5-12-7(3)13-14/h5-6,8-11,15H,4H2,1-3H3/t8-,9-,10-,11-,20?/m1/s1. The van der Waals surface area contributed by atoms with Gasteiger partial charge in [0.15, 0.2) is 6.23 Å². The predicted octanol–water partition coefficient (Wildman–Crippen LogP) is 0.862. The van der Waals surface area contributed by atoms with Crippen molar-refractivity contribution in [2.24, 2.45) is 0 Å². The van der Waals surface area contributed by atoms with Gasteiger partial charge in [0, 0.05) is 0 Å². The molecule has 112 valence electrons. The number of aliphatic hydroxyl groups is 1. The quantitative estimate of drug-likeness (QED) is 0.809. The zero-order chi connectivity index (χ0) is 14.5. The summed E-state index contributed by atoms with van der Waals surface area (Å²) < 4.78 is 30.4. The molecule has 0 aromatic carbocycles. The first-order valence-electron chi connectivity index (χ1n) is 6.54. The fourth-order valence-electron chi connectivity index (χ4n) is 2.33. The van der Waals surface area contributed by atoms with Gasteiger partial charge in [-0.1, -0.05) is 13.8 Å². The van der Waals surface area contributed by atoms with Crippen molar-refractivity contribution >= 4 is 7.60 Å². The van der Waals surface area contributed by atoms with Crippen LogP contribution in [0.2, 0.25) is 0 Å². The van der Waals surface area contributed by atoms with E-state index in [0.717, 1.165) is 0 Å². The Morgan fingerprint density at radius 2 is 2.30 bits per heavy atom. The molecule has 2 saturated heterocycles. The third-order valence-electron chi connectivity index (χ3n) is 3.51. The highest BCUT2D eigenvalue weighted by Gasteiger charge is 2.53. The highest BCUT2D eigenvalue weighted by atomic mass is 31.2. The van der Waals surface area contributed by atoms with Crippen molar-refractivity contribution in [2.45, 2.75) is 51.0 Å². The van der Waals surface area contributed by atoms with Crippen LogP contribution in [0.5, 0.6) is 0 Å². The molecule has 9 heteroatoms. The molecule has 0 amide bonds. The highest BCUT2D eigenvalue weighted by molar-refractivity contribution is 7.54. The molecule has 8 nitrogen and oxygen atoms in total. The number of hydrogen-bond acceptors (Lipinski definition) is 7. The van der Waals surface area contributed by atoms with Gasteiger partial charge in [0.25, 0.3) is 0 Å². The Morgan fingerprint density at radius 3 is 2.90 bits per heavy atom. The average Bonchev–Trinajstić information content (AvgIpc) is 2.94. The molecule has 0 radical (unpaired) electrons. The van der Waals surface area contributed by atoms with E-state index in [1.807, 2.05) is 0 Å². The number of aliphatic hydroxyl groups excluding tert-OH is 1. The van der Waals surface area contributed by atoms with Crippen LogP contribution in [0.1, 0.15) is 25.9 Å². The van der Waals surface area contributed by atoms with Crippen molar-refractivity contribution in [3.05, 3.63) is 12.2 Å². The number of rotatable bonds is 2. The van der Waals surface area contributed by atoms with Crippen LogP contribution in [-0.2, 0) is 18.3 Å². The molecule has 1 aromatic rings. The van der Waals surface area contributed by atoms with Crippen molar-refractivity contribution in [1.29, 1.82) is 0 Å². The van der Waals surface area contributed by atoms with Gasteiger partial charge in [0.1, 0.15) is 30.5 Å².